The molecule has 0 spiro atoms. The van der Waals surface area contributed by atoms with Crippen LogP contribution in [0.3, 0.4) is 0 Å². The quantitative estimate of drug-likeness (QED) is 0.666. The number of aromatic amines is 1. The summed E-state index contributed by atoms with van der Waals surface area (Å²) in [6.45, 7) is 1.20. The lowest BCUT2D eigenvalue weighted by atomic mass is 9.96. The standard InChI is InChI=1S/C20H20FN3S/c1-24-7-6-14(17(21)12-24)16-11-23-19-5-4-13(9-15(16)19)10-18(22)20-3-2-8-25-20/h2-6,8-9,11,17,22-23H,7,10,12H2,1H3. The Kier molecular flexibility index (Phi) is 4.27. The van der Waals surface area contributed by atoms with E-state index in [9.17, 15) is 4.39 Å². The molecular formula is C20H20FN3S. The third-order valence-corrected chi connectivity index (χ3v) is 5.62. The van der Waals surface area contributed by atoms with Crippen molar-refractivity contribution >= 4 is 33.5 Å². The Morgan fingerprint density at radius 1 is 1.40 bits per heavy atom. The number of benzene rings is 1. The van der Waals surface area contributed by atoms with Crippen LogP contribution in [0, 0.1) is 5.41 Å². The van der Waals surface area contributed by atoms with Gasteiger partial charge in [-0.3, -0.25) is 4.90 Å². The van der Waals surface area contributed by atoms with Gasteiger partial charge in [-0.2, -0.15) is 0 Å². The van der Waals surface area contributed by atoms with Gasteiger partial charge < -0.3 is 10.4 Å². The molecule has 2 N–H and O–H groups in total. The second-order valence-electron chi connectivity index (χ2n) is 6.56. The summed E-state index contributed by atoms with van der Waals surface area (Å²) in [5.41, 5.74) is 4.42. The maximum atomic E-state index is 14.5. The molecule has 0 radical (unpaired) electrons. The van der Waals surface area contributed by atoms with Gasteiger partial charge in [0.15, 0.2) is 0 Å². The normalized spacial score (nSPS) is 18.5. The molecule has 0 bridgehead atoms. The lowest BCUT2D eigenvalue weighted by molar-refractivity contribution is 0.265. The van der Waals surface area contributed by atoms with Crippen molar-refractivity contribution in [2.45, 2.75) is 12.6 Å². The van der Waals surface area contributed by atoms with E-state index in [-0.39, 0.29) is 0 Å². The largest absolute Gasteiger partial charge is 0.361 e. The SMILES string of the molecule is CN1CC=C(c2c[nH]c3ccc(CC(=N)c4cccs4)cc23)C(F)C1. The van der Waals surface area contributed by atoms with E-state index in [0.29, 0.717) is 18.7 Å². The van der Waals surface area contributed by atoms with E-state index in [2.05, 4.69) is 11.1 Å². The van der Waals surface area contributed by atoms with Gasteiger partial charge >= 0.3 is 0 Å². The van der Waals surface area contributed by atoms with Crippen LogP contribution < -0.4 is 0 Å². The van der Waals surface area contributed by atoms with Crippen molar-refractivity contribution in [1.82, 2.24) is 9.88 Å². The Balaban J connectivity index is 1.67. The first kappa shape index (κ1) is 16.2. The number of fused-ring (bicyclic) bond motifs is 1. The van der Waals surface area contributed by atoms with Gasteiger partial charge in [-0.15, -0.1) is 11.3 Å². The predicted octanol–water partition coefficient (Wildman–Crippen LogP) is 4.51. The van der Waals surface area contributed by atoms with Crippen LogP contribution in [-0.4, -0.2) is 41.9 Å². The molecule has 1 aliphatic rings. The first-order valence-corrected chi connectivity index (χ1v) is 9.24. The molecular weight excluding hydrogens is 333 g/mol. The fourth-order valence-corrected chi connectivity index (χ4v) is 4.04. The van der Waals surface area contributed by atoms with Gasteiger partial charge in [0.1, 0.15) is 6.17 Å². The smallest absolute Gasteiger partial charge is 0.138 e. The van der Waals surface area contributed by atoms with Crippen molar-refractivity contribution in [2.24, 2.45) is 0 Å². The van der Waals surface area contributed by atoms with Crippen molar-refractivity contribution in [3.05, 3.63) is 64.0 Å². The summed E-state index contributed by atoms with van der Waals surface area (Å²) >= 11 is 1.59. The summed E-state index contributed by atoms with van der Waals surface area (Å²) in [5.74, 6) is 0. The molecule has 25 heavy (non-hydrogen) atoms. The van der Waals surface area contributed by atoms with E-state index in [0.717, 1.165) is 39.0 Å². The van der Waals surface area contributed by atoms with E-state index in [1.54, 1.807) is 11.3 Å². The average molecular weight is 353 g/mol. The minimum Gasteiger partial charge on any atom is -0.361 e. The van der Waals surface area contributed by atoms with E-state index >= 15 is 0 Å². The maximum Gasteiger partial charge on any atom is 0.138 e. The molecule has 0 amide bonds. The van der Waals surface area contributed by atoms with Crippen LogP contribution in [0.5, 0.6) is 0 Å². The summed E-state index contributed by atoms with van der Waals surface area (Å²) in [7, 11) is 1.93. The Labute approximate surface area is 150 Å². The van der Waals surface area contributed by atoms with E-state index in [1.165, 1.54) is 0 Å². The van der Waals surface area contributed by atoms with Gasteiger partial charge in [0.25, 0.3) is 0 Å². The summed E-state index contributed by atoms with van der Waals surface area (Å²) in [4.78, 5) is 6.23. The Bertz CT molecular complexity index is 939. The minimum absolute atomic E-state index is 0.432. The van der Waals surface area contributed by atoms with Crippen molar-refractivity contribution in [3.8, 4) is 0 Å². The summed E-state index contributed by atoms with van der Waals surface area (Å²) in [6.07, 6.45) is 3.51. The zero-order chi connectivity index (χ0) is 17.4. The van der Waals surface area contributed by atoms with Crippen LogP contribution in [0.2, 0.25) is 0 Å². The number of rotatable bonds is 4. The van der Waals surface area contributed by atoms with E-state index in [4.69, 9.17) is 5.41 Å². The molecule has 1 aromatic carbocycles. The molecule has 3 heterocycles. The molecule has 3 aromatic rings. The van der Waals surface area contributed by atoms with Crippen molar-refractivity contribution < 1.29 is 4.39 Å². The highest BCUT2D eigenvalue weighted by Crippen LogP contribution is 2.31. The first-order chi connectivity index (χ1) is 12.1. The molecule has 0 saturated carbocycles. The monoisotopic (exact) mass is 353 g/mol. The molecule has 1 unspecified atom stereocenters. The molecule has 128 valence electrons. The zero-order valence-corrected chi connectivity index (χ0v) is 14.9. The predicted molar refractivity (Wildman–Crippen MR) is 104 cm³/mol. The molecule has 1 aliphatic heterocycles. The van der Waals surface area contributed by atoms with Crippen LogP contribution in [0.4, 0.5) is 4.39 Å². The van der Waals surface area contributed by atoms with Crippen molar-refractivity contribution in [3.63, 3.8) is 0 Å². The number of alkyl halides is 1. The zero-order valence-electron chi connectivity index (χ0n) is 14.1. The highest BCUT2D eigenvalue weighted by molar-refractivity contribution is 7.12. The third-order valence-electron chi connectivity index (χ3n) is 4.69. The Hall–Kier alpha value is -2.24. The maximum absolute atomic E-state index is 14.5. The molecule has 1 atom stereocenters. The molecule has 0 fully saturated rings. The Morgan fingerprint density at radius 2 is 2.28 bits per heavy atom. The van der Waals surface area contributed by atoms with Crippen LogP contribution in [0.25, 0.3) is 16.5 Å². The second-order valence-corrected chi connectivity index (χ2v) is 7.51. The number of likely N-dealkylation sites (N-methyl/N-ethyl adjacent to an activating group) is 1. The number of thiophene rings is 1. The van der Waals surface area contributed by atoms with Gasteiger partial charge in [-0.05, 0) is 41.8 Å². The number of nitrogens with one attached hydrogen (secondary N) is 2. The van der Waals surface area contributed by atoms with Crippen LogP contribution in [0.15, 0.2) is 48.0 Å². The van der Waals surface area contributed by atoms with Crippen LogP contribution >= 0.6 is 11.3 Å². The van der Waals surface area contributed by atoms with Gasteiger partial charge in [0.2, 0.25) is 0 Å². The molecule has 4 rings (SSSR count). The highest BCUT2D eigenvalue weighted by atomic mass is 32.1. The lowest BCUT2D eigenvalue weighted by Crippen LogP contribution is -2.32. The topological polar surface area (TPSA) is 42.9 Å². The summed E-state index contributed by atoms with van der Waals surface area (Å²) < 4.78 is 14.5. The van der Waals surface area contributed by atoms with E-state index in [1.807, 2.05) is 53.9 Å². The van der Waals surface area contributed by atoms with Crippen molar-refractivity contribution in [2.75, 3.05) is 20.1 Å². The number of hydrogen-bond acceptors (Lipinski definition) is 3. The summed E-state index contributed by atoms with van der Waals surface area (Å²) in [5, 5.41) is 11.3. The third kappa shape index (κ3) is 3.17. The molecule has 0 aliphatic carbocycles. The van der Waals surface area contributed by atoms with E-state index < -0.39 is 6.17 Å². The van der Waals surface area contributed by atoms with Gasteiger partial charge in [-0.25, -0.2) is 4.39 Å². The fourth-order valence-electron chi connectivity index (χ4n) is 3.37. The van der Waals surface area contributed by atoms with Crippen molar-refractivity contribution in [1.29, 1.82) is 5.41 Å². The number of H-pyrrole nitrogens is 1. The summed E-state index contributed by atoms with van der Waals surface area (Å²) in [6, 6.07) is 10.1. The number of aromatic nitrogens is 1. The lowest BCUT2D eigenvalue weighted by Gasteiger charge is -2.25. The number of halogens is 1. The average Bonchev–Trinajstić information content (AvgIpc) is 3.24. The molecule has 0 saturated heterocycles. The number of nitrogens with zero attached hydrogens (tertiary/aromatic N) is 1. The first-order valence-electron chi connectivity index (χ1n) is 8.36. The highest BCUT2D eigenvalue weighted by Gasteiger charge is 2.23. The Morgan fingerprint density at radius 3 is 3.04 bits per heavy atom. The van der Waals surface area contributed by atoms with Crippen LogP contribution in [-0.2, 0) is 6.42 Å². The molecule has 2 aromatic heterocycles. The second kappa shape index (κ2) is 6.58. The van der Waals surface area contributed by atoms with Crippen LogP contribution in [0.1, 0.15) is 16.0 Å². The van der Waals surface area contributed by atoms with Gasteiger partial charge in [0.05, 0.1) is 5.71 Å². The minimum atomic E-state index is -0.967. The van der Waals surface area contributed by atoms with Gasteiger partial charge in [-0.1, -0.05) is 18.2 Å². The molecule has 5 heteroatoms. The van der Waals surface area contributed by atoms with Gasteiger partial charge in [0, 0.05) is 47.1 Å². The molecule has 3 nitrogen and oxygen atoms in total. The number of hydrogen-bond donors (Lipinski definition) is 2. The fraction of sp³-hybridized carbons (Fsp3) is 0.250.